The first kappa shape index (κ1) is 12.2. The highest BCUT2D eigenvalue weighted by atomic mass is 16.3. The van der Waals surface area contributed by atoms with Crippen molar-refractivity contribution in [3.63, 3.8) is 0 Å². The molecule has 0 radical (unpaired) electrons. The fourth-order valence-electron chi connectivity index (χ4n) is 1.71. The van der Waals surface area contributed by atoms with Crippen LogP contribution < -0.4 is 11.1 Å². The van der Waals surface area contributed by atoms with E-state index in [0.717, 1.165) is 22.6 Å². The monoisotopic (exact) mass is 244 g/mol. The number of furan rings is 1. The Kier molecular flexibility index (Phi) is 3.67. The number of rotatable bonds is 5. The van der Waals surface area contributed by atoms with Crippen molar-refractivity contribution >= 4 is 11.6 Å². The number of anilines is 1. The second-order valence-electron chi connectivity index (χ2n) is 4.22. The predicted molar refractivity (Wildman–Crippen MR) is 70.1 cm³/mol. The van der Waals surface area contributed by atoms with Crippen LogP contribution in [-0.4, -0.2) is 5.91 Å². The van der Waals surface area contributed by atoms with Gasteiger partial charge in [-0.25, -0.2) is 0 Å². The summed E-state index contributed by atoms with van der Waals surface area (Å²) in [6.07, 6.45) is 1.96. The van der Waals surface area contributed by atoms with Gasteiger partial charge in [-0.1, -0.05) is 12.1 Å². The second-order valence-corrected chi connectivity index (χ2v) is 4.22. The molecule has 1 heterocycles. The normalized spacial score (nSPS) is 10.3. The van der Waals surface area contributed by atoms with E-state index in [4.69, 9.17) is 10.2 Å². The summed E-state index contributed by atoms with van der Waals surface area (Å²) in [5, 5.41) is 3.26. The number of hydrogen-bond donors (Lipinski definition) is 2. The van der Waals surface area contributed by atoms with E-state index in [2.05, 4.69) is 5.32 Å². The van der Waals surface area contributed by atoms with Crippen LogP contribution in [0.2, 0.25) is 0 Å². The maximum absolute atomic E-state index is 10.8. The number of primary amides is 1. The molecule has 0 aliphatic rings. The summed E-state index contributed by atoms with van der Waals surface area (Å²) >= 11 is 0. The van der Waals surface area contributed by atoms with E-state index >= 15 is 0 Å². The number of nitrogens with two attached hydrogens (primary N) is 1. The van der Waals surface area contributed by atoms with Crippen LogP contribution in [0.1, 0.15) is 16.9 Å². The number of amides is 1. The maximum Gasteiger partial charge on any atom is 0.221 e. The largest absolute Gasteiger partial charge is 0.467 e. The fraction of sp³-hybridized carbons (Fsp3) is 0.214. The summed E-state index contributed by atoms with van der Waals surface area (Å²) in [5.41, 5.74) is 8.17. The molecule has 2 rings (SSSR count). The molecule has 0 aliphatic heterocycles. The number of carbonyl (C=O) groups is 1. The van der Waals surface area contributed by atoms with Crippen LogP contribution in [0.5, 0.6) is 0 Å². The SMILES string of the molecule is Cc1ccoc1CNc1ccc(CC(N)=O)cc1. The lowest BCUT2D eigenvalue weighted by Gasteiger charge is -2.06. The van der Waals surface area contributed by atoms with Gasteiger partial charge in [0, 0.05) is 5.69 Å². The van der Waals surface area contributed by atoms with E-state index in [1.165, 1.54) is 0 Å². The Balaban J connectivity index is 1.94. The molecule has 0 saturated heterocycles. The number of hydrogen-bond acceptors (Lipinski definition) is 3. The molecule has 2 aromatic rings. The van der Waals surface area contributed by atoms with Gasteiger partial charge < -0.3 is 15.5 Å². The zero-order valence-electron chi connectivity index (χ0n) is 10.3. The van der Waals surface area contributed by atoms with Gasteiger partial charge in [0.2, 0.25) is 5.91 Å². The minimum absolute atomic E-state index is 0.275. The van der Waals surface area contributed by atoms with Gasteiger partial charge in [0.15, 0.2) is 0 Å². The molecule has 1 amide bonds. The third-order valence-corrected chi connectivity index (χ3v) is 2.75. The van der Waals surface area contributed by atoms with Crippen molar-refractivity contribution in [2.24, 2.45) is 5.73 Å². The van der Waals surface area contributed by atoms with Crippen LogP contribution in [-0.2, 0) is 17.8 Å². The average molecular weight is 244 g/mol. The lowest BCUT2D eigenvalue weighted by atomic mass is 10.1. The molecule has 0 atom stereocenters. The zero-order valence-corrected chi connectivity index (χ0v) is 10.3. The third-order valence-electron chi connectivity index (χ3n) is 2.75. The van der Waals surface area contributed by atoms with Crippen LogP contribution >= 0.6 is 0 Å². The van der Waals surface area contributed by atoms with Gasteiger partial charge in [-0.15, -0.1) is 0 Å². The maximum atomic E-state index is 10.8. The lowest BCUT2D eigenvalue weighted by molar-refractivity contribution is -0.117. The molecular formula is C14H16N2O2. The Morgan fingerprint density at radius 2 is 2.00 bits per heavy atom. The molecule has 0 fully saturated rings. The minimum atomic E-state index is -0.318. The molecule has 0 aliphatic carbocycles. The first-order valence-corrected chi connectivity index (χ1v) is 5.79. The molecular weight excluding hydrogens is 228 g/mol. The standard InChI is InChI=1S/C14H16N2O2/c1-10-6-7-18-13(10)9-16-12-4-2-11(3-5-12)8-14(15)17/h2-7,16H,8-9H2,1H3,(H2,15,17). The van der Waals surface area contributed by atoms with Crippen molar-refractivity contribution in [3.8, 4) is 0 Å². The van der Waals surface area contributed by atoms with Gasteiger partial charge in [-0.2, -0.15) is 0 Å². The Labute approximate surface area is 106 Å². The van der Waals surface area contributed by atoms with E-state index in [1.54, 1.807) is 6.26 Å². The molecule has 18 heavy (non-hydrogen) atoms. The topological polar surface area (TPSA) is 68.3 Å². The molecule has 4 heteroatoms. The van der Waals surface area contributed by atoms with Gasteiger partial charge in [0.05, 0.1) is 19.2 Å². The summed E-state index contributed by atoms with van der Waals surface area (Å²) in [6, 6.07) is 9.57. The molecule has 1 aromatic carbocycles. The summed E-state index contributed by atoms with van der Waals surface area (Å²) in [4.78, 5) is 10.8. The van der Waals surface area contributed by atoms with Gasteiger partial charge >= 0.3 is 0 Å². The molecule has 4 nitrogen and oxygen atoms in total. The smallest absolute Gasteiger partial charge is 0.221 e. The molecule has 0 unspecified atom stereocenters. The molecule has 0 saturated carbocycles. The van der Waals surface area contributed by atoms with Gasteiger partial charge in [-0.05, 0) is 36.2 Å². The number of aryl methyl sites for hydroxylation is 1. The number of carbonyl (C=O) groups excluding carboxylic acids is 1. The van der Waals surface area contributed by atoms with Crippen molar-refractivity contribution < 1.29 is 9.21 Å². The predicted octanol–water partition coefficient (Wildman–Crippen LogP) is 2.23. The Morgan fingerprint density at radius 1 is 1.28 bits per heavy atom. The van der Waals surface area contributed by atoms with E-state index in [-0.39, 0.29) is 12.3 Å². The number of benzene rings is 1. The van der Waals surface area contributed by atoms with Gasteiger partial charge in [0.25, 0.3) is 0 Å². The Hall–Kier alpha value is -2.23. The van der Waals surface area contributed by atoms with Crippen LogP contribution in [0.25, 0.3) is 0 Å². The van der Waals surface area contributed by atoms with E-state index in [9.17, 15) is 4.79 Å². The molecule has 1 aromatic heterocycles. The Morgan fingerprint density at radius 3 is 2.56 bits per heavy atom. The number of nitrogens with one attached hydrogen (secondary N) is 1. The highest BCUT2D eigenvalue weighted by Gasteiger charge is 2.02. The minimum Gasteiger partial charge on any atom is -0.467 e. The highest BCUT2D eigenvalue weighted by molar-refractivity contribution is 5.76. The third kappa shape index (κ3) is 3.13. The van der Waals surface area contributed by atoms with Gasteiger partial charge in [0.1, 0.15) is 5.76 Å². The van der Waals surface area contributed by atoms with Crippen LogP contribution in [0.15, 0.2) is 41.0 Å². The van der Waals surface area contributed by atoms with Crippen molar-refractivity contribution in [2.75, 3.05) is 5.32 Å². The Bertz CT molecular complexity index is 529. The first-order chi connectivity index (χ1) is 8.65. The molecule has 0 bridgehead atoms. The summed E-state index contributed by atoms with van der Waals surface area (Å²) < 4.78 is 5.34. The summed E-state index contributed by atoms with van der Waals surface area (Å²) in [7, 11) is 0. The van der Waals surface area contributed by atoms with Crippen LogP contribution in [0.3, 0.4) is 0 Å². The van der Waals surface area contributed by atoms with Crippen molar-refractivity contribution in [1.29, 1.82) is 0 Å². The highest BCUT2D eigenvalue weighted by Crippen LogP contribution is 2.14. The molecule has 94 valence electrons. The van der Waals surface area contributed by atoms with E-state index in [0.29, 0.717) is 6.54 Å². The van der Waals surface area contributed by atoms with Crippen molar-refractivity contribution in [3.05, 3.63) is 53.5 Å². The van der Waals surface area contributed by atoms with Crippen molar-refractivity contribution in [2.45, 2.75) is 19.9 Å². The second kappa shape index (κ2) is 5.40. The quantitative estimate of drug-likeness (QED) is 0.847. The van der Waals surface area contributed by atoms with Crippen LogP contribution in [0, 0.1) is 6.92 Å². The summed E-state index contributed by atoms with van der Waals surface area (Å²) in [5.74, 6) is 0.609. The molecule has 0 spiro atoms. The fourth-order valence-corrected chi connectivity index (χ4v) is 1.71. The van der Waals surface area contributed by atoms with E-state index < -0.39 is 0 Å². The average Bonchev–Trinajstić information content (AvgIpc) is 2.73. The van der Waals surface area contributed by atoms with Crippen LogP contribution in [0.4, 0.5) is 5.69 Å². The van der Waals surface area contributed by atoms with Crippen molar-refractivity contribution in [1.82, 2.24) is 0 Å². The van der Waals surface area contributed by atoms with Gasteiger partial charge in [-0.3, -0.25) is 4.79 Å². The lowest BCUT2D eigenvalue weighted by Crippen LogP contribution is -2.13. The zero-order chi connectivity index (χ0) is 13.0. The molecule has 3 N–H and O–H groups in total. The van der Waals surface area contributed by atoms with E-state index in [1.807, 2.05) is 37.3 Å². The first-order valence-electron chi connectivity index (χ1n) is 5.79. The summed E-state index contributed by atoms with van der Waals surface area (Å²) in [6.45, 7) is 2.66.